The lowest BCUT2D eigenvalue weighted by molar-refractivity contribution is -0.142. The van der Waals surface area contributed by atoms with Gasteiger partial charge in [-0.05, 0) is 30.2 Å². The van der Waals surface area contributed by atoms with Gasteiger partial charge in [-0.2, -0.15) is 0 Å². The van der Waals surface area contributed by atoms with E-state index in [1.165, 1.54) is 19.2 Å². The number of rotatable bonds is 6. The molecule has 0 aliphatic carbocycles. The molecule has 0 aliphatic rings. The van der Waals surface area contributed by atoms with Crippen LogP contribution in [0.15, 0.2) is 24.4 Å². The third kappa shape index (κ3) is 4.05. The van der Waals surface area contributed by atoms with E-state index in [4.69, 9.17) is 0 Å². The number of amides is 1. The van der Waals surface area contributed by atoms with Crippen LogP contribution < -0.4 is 5.32 Å². The Labute approximate surface area is 121 Å². The van der Waals surface area contributed by atoms with Crippen molar-refractivity contribution in [1.82, 2.24) is 10.3 Å². The lowest BCUT2D eigenvalue weighted by Crippen LogP contribution is -2.26. The number of ether oxygens (including phenoxy) is 1. The van der Waals surface area contributed by atoms with E-state index in [0.717, 1.165) is 16.5 Å². The van der Waals surface area contributed by atoms with Gasteiger partial charge in [-0.25, -0.2) is 4.39 Å². The number of fused-ring (bicyclic) bond motifs is 1. The van der Waals surface area contributed by atoms with Crippen LogP contribution in [0.4, 0.5) is 4.39 Å². The van der Waals surface area contributed by atoms with Gasteiger partial charge in [0.2, 0.25) is 5.91 Å². The van der Waals surface area contributed by atoms with Crippen LogP contribution in [0.3, 0.4) is 0 Å². The second-order valence-corrected chi connectivity index (χ2v) is 4.68. The van der Waals surface area contributed by atoms with E-state index in [9.17, 15) is 14.0 Å². The Morgan fingerprint density at radius 1 is 1.33 bits per heavy atom. The molecular formula is C15H17FN2O3. The number of H-pyrrole nitrogens is 1. The summed E-state index contributed by atoms with van der Waals surface area (Å²) in [4.78, 5) is 25.5. The number of halogens is 1. The molecule has 2 rings (SSSR count). The highest BCUT2D eigenvalue weighted by Gasteiger charge is 2.08. The van der Waals surface area contributed by atoms with E-state index < -0.39 is 5.97 Å². The van der Waals surface area contributed by atoms with E-state index >= 15 is 0 Å². The topological polar surface area (TPSA) is 71.2 Å². The van der Waals surface area contributed by atoms with Crippen molar-refractivity contribution in [1.29, 1.82) is 0 Å². The molecule has 0 aliphatic heterocycles. The van der Waals surface area contributed by atoms with E-state index in [1.807, 2.05) is 6.20 Å². The van der Waals surface area contributed by atoms with Gasteiger partial charge in [0, 0.05) is 30.1 Å². The fourth-order valence-electron chi connectivity index (χ4n) is 2.10. The molecule has 21 heavy (non-hydrogen) atoms. The number of aromatic amines is 1. The molecule has 0 saturated carbocycles. The molecule has 0 fully saturated rings. The Kier molecular flexibility index (Phi) is 4.92. The molecule has 1 aromatic carbocycles. The number of benzene rings is 1. The highest BCUT2D eigenvalue weighted by Crippen LogP contribution is 2.19. The molecule has 1 heterocycles. The quantitative estimate of drug-likeness (QED) is 0.799. The molecule has 6 heteroatoms. The summed E-state index contributed by atoms with van der Waals surface area (Å²) in [6.07, 6.45) is 2.58. The Morgan fingerprint density at radius 2 is 2.14 bits per heavy atom. The molecule has 0 atom stereocenters. The van der Waals surface area contributed by atoms with Crippen molar-refractivity contribution in [2.75, 3.05) is 13.7 Å². The maximum Gasteiger partial charge on any atom is 0.306 e. The van der Waals surface area contributed by atoms with E-state index in [1.54, 1.807) is 6.07 Å². The molecule has 112 valence electrons. The smallest absolute Gasteiger partial charge is 0.306 e. The van der Waals surface area contributed by atoms with Gasteiger partial charge < -0.3 is 15.0 Å². The summed E-state index contributed by atoms with van der Waals surface area (Å²) in [6, 6.07) is 4.56. The molecular weight excluding hydrogens is 275 g/mol. The summed E-state index contributed by atoms with van der Waals surface area (Å²) < 4.78 is 17.7. The average molecular weight is 292 g/mol. The molecule has 0 spiro atoms. The number of methoxy groups -OCH3 is 1. The van der Waals surface area contributed by atoms with Crippen LogP contribution in [-0.4, -0.2) is 30.5 Å². The van der Waals surface area contributed by atoms with Crippen molar-refractivity contribution >= 4 is 22.8 Å². The molecule has 5 nitrogen and oxygen atoms in total. The number of nitrogens with one attached hydrogen (secondary N) is 2. The number of aromatic nitrogens is 1. The number of carbonyl (C=O) groups is 2. The zero-order valence-corrected chi connectivity index (χ0v) is 11.7. The molecule has 1 amide bonds. The van der Waals surface area contributed by atoms with Crippen LogP contribution >= 0.6 is 0 Å². The van der Waals surface area contributed by atoms with Crippen LogP contribution in [-0.2, 0) is 20.7 Å². The van der Waals surface area contributed by atoms with E-state index in [2.05, 4.69) is 15.0 Å². The predicted octanol–water partition coefficient (Wildman–Crippen LogP) is 1.92. The summed E-state index contributed by atoms with van der Waals surface area (Å²) in [5.41, 5.74) is 1.81. The van der Waals surface area contributed by atoms with Gasteiger partial charge >= 0.3 is 5.97 Å². The lowest BCUT2D eigenvalue weighted by Gasteiger charge is -2.04. The van der Waals surface area contributed by atoms with Crippen molar-refractivity contribution < 1.29 is 18.7 Å². The second kappa shape index (κ2) is 6.88. The van der Waals surface area contributed by atoms with Crippen LogP contribution in [0.1, 0.15) is 18.4 Å². The van der Waals surface area contributed by atoms with Gasteiger partial charge in [0.25, 0.3) is 0 Å². The molecule has 2 aromatic rings. The Bertz CT molecular complexity index is 651. The highest BCUT2D eigenvalue weighted by molar-refractivity contribution is 5.83. The largest absolute Gasteiger partial charge is 0.469 e. The van der Waals surface area contributed by atoms with E-state index in [-0.39, 0.29) is 24.6 Å². The van der Waals surface area contributed by atoms with Crippen molar-refractivity contribution in [3.63, 3.8) is 0 Å². The standard InChI is InChI=1S/C15H17FN2O3/c1-21-15(20)5-4-14(19)17-7-6-10-9-18-13-3-2-11(16)8-12(10)13/h2-3,8-9,18H,4-7H2,1H3,(H,17,19). The van der Waals surface area contributed by atoms with Gasteiger partial charge in [-0.1, -0.05) is 0 Å². The van der Waals surface area contributed by atoms with Gasteiger partial charge in [0.15, 0.2) is 0 Å². The van der Waals surface area contributed by atoms with Gasteiger partial charge in [0.1, 0.15) is 5.82 Å². The number of hydrogen-bond donors (Lipinski definition) is 2. The van der Waals surface area contributed by atoms with Gasteiger partial charge in [-0.3, -0.25) is 9.59 Å². The normalized spacial score (nSPS) is 10.6. The molecule has 0 radical (unpaired) electrons. The van der Waals surface area contributed by atoms with Crippen LogP contribution in [0.5, 0.6) is 0 Å². The summed E-state index contributed by atoms with van der Waals surface area (Å²) in [7, 11) is 1.29. The van der Waals surface area contributed by atoms with Crippen molar-refractivity contribution in [3.8, 4) is 0 Å². The van der Waals surface area contributed by atoms with E-state index in [0.29, 0.717) is 13.0 Å². The summed E-state index contributed by atoms with van der Waals surface area (Å²) >= 11 is 0. The lowest BCUT2D eigenvalue weighted by atomic mass is 10.1. The first-order chi connectivity index (χ1) is 10.1. The van der Waals surface area contributed by atoms with Crippen molar-refractivity contribution in [2.45, 2.75) is 19.3 Å². The summed E-state index contributed by atoms with van der Waals surface area (Å²) in [6.45, 7) is 0.434. The Hall–Kier alpha value is -2.37. The maximum atomic E-state index is 13.2. The molecule has 0 saturated heterocycles. The fourth-order valence-corrected chi connectivity index (χ4v) is 2.10. The highest BCUT2D eigenvalue weighted by atomic mass is 19.1. The minimum atomic E-state index is -0.405. The minimum absolute atomic E-state index is 0.0701. The number of esters is 1. The summed E-state index contributed by atoms with van der Waals surface area (Å²) in [5.74, 6) is -0.894. The third-order valence-corrected chi connectivity index (χ3v) is 3.23. The molecule has 0 unspecified atom stereocenters. The fraction of sp³-hybridized carbons (Fsp3) is 0.333. The first kappa shape index (κ1) is 15.0. The van der Waals surface area contributed by atoms with Crippen LogP contribution in [0, 0.1) is 5.82 Å². The van der Waals surface area contributed by atoms with Crippen LogP contribution in [0.2, 0.25) is 0 Å². The van der Waals surface area contributed by atoms with Gasteiger partial charge in [0.05, 0.1) is 13.5 Å². The first-order valence-corrected chi connectivity index (χ1v) is 6.69. The molecule has 0 bridgehead atoms. The molecule has 1 aromatic heterocycles. The van der Waals surface area contributed by atoms with Gasteiger partial charge in [-0.15, -0.1) is 0 Å². The first-order valence-electron chi connectivity index (χ1n) is 6.69. The molecule has 2 N–H and O–H groups in total. The summed E-state index contributed by atoms with van der Waals surface area (Å²) in [5, 5.41) is 3.54. The average Bonchev–Trinajstić information content (AvgIpc) is 2.87. The monoisotopic (exact) mass is 292 g/mol. The number of carbonyl (C=O) groups excluding carboxylic acids is 2. The zero-order chi connectivity index (χ0) is 15.2. The number of hydrogen-bond acceptors (Lipinski definition) is 3. The SMILES string of the molecule is COC(=O)CCC(=O)NCCc1c[nH]c2ccc(F)cc12. The minimum Gasteiger partial charge on any atom is -0.469 e. The third-order valence-electron chi connectivity index (χ3n) is 3.23. The zero-order valence-electron chi connectivity index (χ0n) is 11.7. The Balaban J connectivity index is 1.83. The van der Waals surface area contributed by atoms with Crippen LogP contribution in [0.25, 0.3) is 10.9 Å². The maximum absolute atomic E-state index is 13.2. The van der Waals surface area contributed by atoms with Crippen molar-refractivity contribution in [2.24, 2.45) is 0 Å². The Morgan fingerprint density at radius 3 is 2.90 bits per heavy atom. The van der Waals surface area contributed by atoms with Crippen molar-refractivity contribution in [3.05, 3.63) is 35.8 Å². The second-order valence-electron chi connectivity index (χ2n) is 4.68. The predicted molar refractivity (Wildman–Crippen MR) is 76.2 cm³/mol.